The van der Waals surface area contributed by atoms with Gasteiger partial charge in [-0.05, 0) is 104 Å². The van der Waals surface area contributed by atoms with Crippen molar-refractivity contribution < 1.29 is 52.7 Å². The number of hydrogen-bond acceptors (Lipinski definition) is 11. The first-order valence-electron chi connectivity index (χ1n) is 25.4. The number of aliphatic hydroxyl groups excluding tert-OH is 2. The van der Waals surface area contributed by atoms with E-state index in [1.54, 1.807) is 41.3 Å². The van der Waals surface area contributed by atoms with Gasteiger partial charge in [-0.15, -0.1) is 6.58 Å². The molecule has 2 N–H and O–H groups in total. The predicted octanol–water partition coefficient (Wildman–Crippen LogP) is 12.3. The number of unbranched alkanes of at least 4 members (excludes halogenated alkanes) is 11. The highest BCUT2D eigenvalue weighted by atomic mass is 19.1. The molecule has 2 aliphatic carbocycles. The largest absolute Gasteiger partial charge is 0.496 e. The van der Waals surface area contributed by atoms with Crippen molar-refractivity contribution in [1.82, 2.24) is 4.90 Å². The van der Waals surface area contributed by atoms with Gasteiger partial charge in [0.2, 0.25) is 5.79 Å². The van der Waals surface area contributed by atoms with Crippen LogP contribution in [0.3, 0.4) is 0 Å². The maximum absolute atomic E-state index is 14.9. The van der Waals surface area contributed by atoms with Gasteiger partial charge in [-0.1, -0.05) is 107 Å². The van der Waals surface area contributed by atoms with Crippen molar-refractivity contribution in [2.24, 2.45) is 22.9 Å². The highest BCUT2D eigenvalue weighted by molar-refractivity contribution is 6.03. The van der Waals surface area contributed by atoms with Gasteiger partial charge < -0.3 is 38.7 Å². The van der Waals surface area contributed by atoms with E-state index in [0.717, 1.165) is 68.8 Å². The number of carbonyl (C=O) groups excluding carboxylic acids is 2. The van der Waals surface area contributed by atoms with Crippen molar-refractivity contribution >= 4 is 18.1 Å². The number of oxime groups is 1. The molecule has 1 fully saturated rings. The summed E-state index contributed by atoms with van der Waals surface area (Å²) < 4.78 is 46.9. The molecule has 6 unspecified atom stereocenters. The summed E-state index contributed by atoms with van der Waals surface area (Å²) in [4.78, 5) is 34.2. The lowest BCUT2D eigenvalue weighted by molar-refractivity contribution is -0.256. The van der Waals surface area contributed by atoms with Crippen LogP contribution in [0.2, 0.25) is 0 Å². The van der Waals surface area contributed by atoms with E-state index in [1.165, 1.54) is 64.9 Å². The Morgan fingerprint density at radius 3 is 2.23 bits per heavy atom. The van der Waals surface area contributed by atoms with Gasteiger partial charge in [0.25, 0.3) is 0 Å². The summed E-state index contributed by atoms with van der Waals surface area (Å²) in [5.74, 6) is -0.822. The third-order valence-corrected chi connectivity index (χ3v) is 14.0. The zero-order chi connectivity index (χ0) is 49.0. The predicted molar refractivity (Wildman–Crippen MR) is 266 cm³/mol. The van der Waals surface area contributed by atoms with Gasteiger partial charge in [0.05, 0.1) is 37.5 Å². The van der Waals surface area contributed by atoms with Crippen LogP contribution in [0.15, 0.2) is 90.1 Å². The molecule has 3 aromatic rings. The molecule has 6 rings (SSSR count). The number of hydrogen-bond donors (Lipinski definition) is 2. The number of halogens is 1. The summed E-state index contributed by atoms with van der Waals surface area (Å²) >= 11 is 0. The zero-order valence-corrected chi connectivity index (χ0v) is 41.1. The first-order valence-corrected chi connectivity index (χ1v) is 25.4. The minimum Gasteiger partial charge on any atom is -0.496 e. The van der Waals surface area contributed by atoms with Gasteiger partial charge in [-0.2, -0.15) is 0 Å². The van der Waals surface area contributed by atoms with Gasteiger partial charge in [0, 0.05) is 37.7 Å². The number of methoxy groups -OCH3 is 1. The molecule has 13 heteroatoms. The van der Waals surface area contributed by atoms with E-state index >= 15 is 0 Å². The molecule has 0 radical (unpaired) electrons. The van der Waals surface area contributed by atoms with Gasteiger partial charge in [0.15, 0.2) is 6.29 Å². The summed E-state index contributed by atoms with van der Waals surface area (Å²) in [6.07, 6.45) is 20.1. The van der Waals surface area contributed by atoms with Crippen molar-refractivity contribution in [2.45, 2.75) is 140 Å². The molecule has 1 aliphatic heterocycles. The number of aldehydes is 1. The van der Waals surface area contributed by atoms with Crippen molar-refractivity contribution in [3.63, 3.8) is 0 Å². The maximum atomic E-state index is 14.9. The molecular formula is C56H75FN2O10. The molecule has 6 atom stereocenters. The van der Waals surface area contributed by atoms with Crippen molar-refractivity contribution in [3.05, 3.63) is 107 Å². The average Bonchev–Trinajstić information content (AvgIpc) is 3.36. The number of fused-ring (bicyclic) bond motifs is 2. The molecule has 0 bridgehead atoms. The Labute approximate surface area is 408 Å². The molecule has 3 aliphatic rings. The van der Waals surface area contributed by atoms with Gasteiger partial charge in [-0.3, -0.25) is 9.69 Å². The van der Waals surface area contributed by atoms with Crippen LogP contribution in [0, 0.1) is 23.6 Å². The highest BCUT2D eigenvalue weighted by Gasteiger charge is 2.65. The third-order valence-electron chi connectivity index (χ3n) is 14.0. The highest BCUT2D eigenvalue weighted by Crippen LogP contribution is 2.62. The van der Waals surface area contributed by atoms with Crippen LogP contribution < -0.4 is 14.2 Å². The lowest BCUT2D eigenvalue weighted by atomic mass is 9.55. The van der Waals surface area contributed by atoms with Gasteiger partial charge in [0.1, 0.15) is 42.0 Å². The maximum Gasteiger partial charge on any atom is 0.410 e. The molecular weight excluding hydrogens is 880 g/mol. The molecule has 1 saturated carbocycles. The van der Waals surface area contributed by atoms with E-state index in [-0.39, 0.29) is 63.0 Å². The van der Waals surface area contributed by atoms with Crippen LogP contribution in [0.25, 0.3) is 0 Å². The standard InChI is InChI=1S/C56H75FN2O10/c1-5-7-8-9-10-11-12-13-14-19-33-66-55(63)59(38-40-22-24-43(57)25-23-40)52-37-49(58-65-4)47-35-41(20-15-17-30-60)46(21-16-18-31-61)53-48-36-45(68-44-26-28-50(64-3)42(34-44)39-62)27-29-51(48)69-56(52,54(47)53)67-32-6-2/h6,22-29,34-36,39,41,46,52-54,60-61H,2,5,7-21,30-33,37-38H2,1,3-4H3. The minimum absolute atomic E-state index is 0.0207. The molecule has 69 heavy (non-hydrogen) atoms. The Morgan fingerprint density at radius 2 is 1.57 bits per heavy atom. The number of aliphatic hydroxyl groups is 2. The van der Waals surface area contributed by atoms with Crippen molar-refractivity contribution in [2.75, 3.05) is 40.6 Å². The molecule has 0 saturated heterocycles. The van der Waals surface area contributed by atoms with Crippen LogP contribution >= 0.6 is 0 Å². The Kier molecular flexibility index (Phi) is 21.0. The van der Waals surface area contributed by atoms with E-state index in [0.29, 0.717) is 52.7 Å². The molecule has 0 spiro atoms. The third kappa shape index (κ3) is 13.6. The Balaban J connectivity index is 1.45. The molecule has 1 heterocycles. The van der Waals surface area contributed by atoms with Gasteiger partial charge >= 0.3 is 6.09 Å². The number of ether oxygens (including phenoxy) is 5. The summed E-state index contributed by atoms with van der Waals surface area (Å²) in [5.41, 5.74) is 3.44. The zero-order valence-electron chi connectivity index (χ0n) is 41.1. The first-order chi connectivity index (χ1) is 33.7. The number of nitrogens with zero attached hydrogens (tertiary/aromatic N) is 2. The Morgan fingerprint density at radius 1 is 0.884 bits per heavy atom. The fourth-order valence-corrected chi connectivity index (χ4v) is 10.7. The fraction of sp³-hybridized carbons (Fsp3) is 0.554. The number of benzene rings is 3. The summed E-state index contributed by atoms with van der Waals surface area (Å²) in [6.45, 7) is 6.78. The van der Waals surface area contributed by atoms with E-state index < -0.39 is 23.8 Å². The van der Waals surface area contributed by atoms with Crippen LogP contribution in [-0.4, -0.2) is 85.7 Å². The van der Waals surface area contributed by atoms with Crippen LogP contribution in [0.4, 0.5) is 9.18 Å². The number of allylic oxidation sites excluding steroid dienone is 1. The van der Waals surface area contributed by atoms with E-state index in [1.807, 2.05) is 18.2 Å². The second kappa shape index (κ2) is 27.2. The SMILES string of the molecule is C=CCOC12Oc3ccc(Oc4ccc(OC)c(C=O)c4)cc3C3C(CCCCO)C(CCCCO)C=C(C(=NOC)CC1N(Cc1ccc(F)cc1)C(=O)OCCCCCCCCCCCC)C32. The van der Waals surface area contributed by atoms with E-state index in [2.05, 4.69) is 19.6 Å². The monoisotopic (exact) mass is 955 g/mol. The first kappa shape index (κ1) is 53.1. The topological polar surface area (TPSA) is 146 Å². The molecule has 1 amide bonds. The van der Waals surface area contributed by atoms with Crippen molar-refractivity contribution in [1.29, 1.82) is 0 Å². The van der Waals surface area contributed by atoms with Crippen molar-refractivity contribution in [3.8, 4) is 23.0 Å². The Bertz CT molecular complexity index is 2160. The van der Waals surface area contributed by atoms with Crippen LogP contribution in [-0.2, 0) is 20.9 Å². The molecule has 0 aromatic heterocycles. The lowest BCUT2D eigenvalue weighted by Gasteiger charge is -2.59. The quantitative estimate of drug-likeness (QED) is 0.0287. The number of rotatable bonds is 30. The van der Waals surface area contributed by atoms with E-state index in [4.69, 9.17) is 33.7 Å². The smallest absolute Gasteiger partial charge is 0.410 e. The normalized spacial score (nSPS) is 21.9. The number of carbonyl (C=O) groups is 2. The Hall–Kier alpha value is -5.24. The molecule has 3 aromatic carbocycles. The second-order valence-corrected chi connectivity index (χ2v) is 18.6. The van der Waals surface area contributed by atoms with Crippen LogP contribution in [0.1, 0.15) is 143 Å². The van der Waals surface area contributed by atoms with E-state index in [9.17, 15) is 24.2 Å². The average molecular weight is 955 g/mol. The summed E-state index contributed by atoms with van der Waals surface area (Å²) in [7, 11) is 3.02. The van der Waals surface area contributed by atoms with Gasteiger partial charge in [-0.25, -0.2) is 9.18 Å². The lowest BCUT2D eigenvalue weighted by Crippen LogP contribution is -2.70. The molecule has 376 valence electrons. The summed E-state index contributed by atoms with van der Waals surface area (Å²) in [6, 6.07) is 16.0. The second-order valence-electron chi connectivity index (χ2n) is 18.6. The van der Waals surface area contributed by atoms with Crippen LogP contribution in [0.5, 0.6) is 23.0 Å². The number of amides is 1. The summed E-state index contributed by atoms with van der Waals surface area (Å²) in [5, 5.41) is 24.6. The fourth-order valence-electron chi connectivity index (χ4n) is 10.7. The molecule has 12 nitrogen and oxygen atoms in total. The minimum atomic E-state index is -1.52.